The highest BCUT2D eigenvalue weighted by Crippen LogP contribution is 1.53. The molecule has 0 aliphatic carbocycles. The van der Waals surface area contributed by atoms with Crippen molar-refractivity contribution in [2.45, 2.75) is 0 Å². The largest absolute Gasteiger partial charge is 0.299 e. The molecule has 0 spiro atoms. The molecule has 0 saturated heterocycles. The monoisotopic (exact) mass is 96.0 g/mol. The summed E-state index contributed by atoms with van der Waals surface area (Å²) in [6.45, 7) is 3.16. The predicted molar refractivity (Wildman–Crippen MR) is 30.5 cm³/mol. The SMILES string of the molecule is C=[N+]=CC=CC=O. The zero-order chi connectivity index (χ0) is 5.54. The zero-order valence-corrected chi connectivity index (χ0v) is 3.87. The summed E-state index contributed by atoms with van der Waals surface area (Å²) in [4.78, 5) is 9.51. The van der Waals surface area contributed by atoms with Crippen LogP contribution in [0.1, 0.15) is 0 Å². The van der Waals surface area contributed by atoms with Crippen LogP contribution in [0.25, 0.3) is 0 Å². The summed E-state index contributed by atoms with van der Waals surface area (Å²) < 4.78 is 3.35. The fourth-order valence-corrected chi connectivity index (χ4v) is 0.156. The molecule has 0 N–H and O–H groups in total. The van der Waals surface area contributed by atoms with E-state index in [9.17, 15) is 4.79 Å². The second-order valence-corrected chi connectivity index (χ2v) is 0.853. The number of rotatable bonds is 2. The number of carbonyl (C=O) groups is 1. The first-order valence-corrected chi connectivity index (χ1v) is 1.81. The third kappa shape index (κ3) is 4.86. The van der Waals surface area contributed by atoms with Gasteiger partial charge in [0.05, 0.1) is 0 Å². The van der Waals surface area contributed by atoms with E-state index in [-0.39, 0.29) is 0 Å². The van der Waals surface area contributed by atoms with Crippen LogP contribution in [-0.2, 0) is 4.79 Å². The second kappa shape index (κ2) is 4.86. The van der Waals surface area contributed by atoms with E-state index in [4.69, 9.17) is 0 Å². The molecule has 2 heteroatoms. The van der Waals surface area contributed by atoms with Crippen molar-refractivity contribution in [3.8, 4) is 0 Å². The lowest BCUT2D eigenvalue weighted by Gasteiger charge is -1.49. The van der Waals surface area contributed by atoms with E-state index in [0.717, 1.165) is 0 Å². The first-order chi connectivity index (χ1) is 3.41. The topological polar surface area (TPSA) is 31.2 Å². The standard InChI is InChI=1S/C5H6NO/c1-6-4-2-3-5-7/h2-5H,1H2/q+1. The molecule has 0 saturated carbocycles. The van der Waals surface area contributed by atoms with Crippen molar-refractivity contribution < 1.29 is 4.79 Å². The van der Waals surface area contributed by atoms with Crippen molar-refractivity contribution >= 4 is 19.2 Å². The number of aldehydes is 1. The average molecular weight is 96.1 g/mol. The van der Waals surface area contributed by atoms with Crippen LogP contribution >= 0.6 is 0 Å². The summed E-state index contributed by atoms with van der Waals surface area (Å²) in [6.07, 6.45) is 4.98. The molecule has 2 nitrogen and oxygen atoms in total. The summed E-state index contributed by atoms with van der Waals surface area (Å²) in [5, 5.41) is 0. The molecule has 0 fully saturated rings. The van der Waals surface area contributed by atoms with Gasteiger partial charge in [-0.15, -0.1) is 4.67 Å². The Morgan fingerprint density at radius 3 is 2.57 bits per heavy atom. The lowest BCUT2D eigenvalue weighted by Crippen LogP contribution is -1.67. The molecule has 0 aromatic rings. The van der Waals surface area contributed by atoms with Gasteiger partial charge in [0.25, 0.3) is 12.9 Å². The van der Waals surface area contributed by atoms with Gasteiger partial charge in [0.2, 0.25) is 0 Å². The molecular formula is C5H6NO+. The maximum Gasteiger partial charge on any atom is 0.291 e. The molecule has 0 rings (SSSR count). The molecule has 0 aliphatic heterocycles. The fraction of sp³-hybridized carbons (Fsp3) is 0. The first-order valence-electron chi connectivity index (χ1n) is 1.81. The molecule has 0 radical (unpaired) electrons. The maximum absolute atomic E-state index is 9.51. The Bertz CT molecular complexity index is 120. The zero-order valence-electron chi connectivity index (χ0n) is 3.87. The van der Waals surface area contributed by atoms with E-state index in [1.807, 2.05) is 0 Å². The van der Waals surface area contributed by atoms with Crippen LogP contribution in [0.15, 0.2) is 12.2 Å². The highest BCUT2D eigenvalue weighted by molar-refractivity contribution is 5.78. The predicted octanol–water partition coefficient (Wildman–Crippen LogP) is -0.420. The second-order valence-electron chi connectivity index (χ2n) is 0.853. The minimum Gasteiger partial charge on any atom is -0.299 e. The van der Waals surface area contributed by atoms with Gasteiger partial charge in [-0.3, -0.25) is 4.79 Å². The van der Waals surface area contributed by atoms with Gasteiger partial charge in [0.15, 0.2) is 0 Å². The maximum atomic E-state index is 9.51. The van der Waals surface area contributed by atoms with Crippen LogP contribution < -0.4 is 4.67 Å². The van der Waals surface area contributed by atoms with Gasteiger partial charge in [-0.25, -0.2) is 0 Å². The van der Waals surface area contributed by atoms with Crippen molar-refractivity contribution in [2.75, 3.05) is 0 Å². The van der Waals surface area contributed by atoms with Crippen molar-refractivity contribution in [1.82, 2.24) is 4.67 Å². The molecule has 0 aliphatic rings. The summed E-state index contributed by atoms with van der Waals surface area (Å²) in [5.74, 6) is 0. The molecule has 0 unspecified atom stereocenters. The van der Waals surface area contributed by atoms with Crippen molar-refractivity contribution in [2.24, 2.45) is 0 Å². The van der Waals surface area contributed by atoms with Crippen LogP contribution in [0.4, 0.5) is 0 Å². The van der Waals surface area contributed by atoms with Gasteiger partial charge < -0.3 is 0 Å². The first kappa shape index (κ1) is 5.86. The van der Waals surface area contributed by atoms with Crippen molar-refractivity contribution in [3.63, 3.8) is 0 Å². The normalized spacial score (nSPS) is 8.00. The van der Waals surface area contributed by atoms with Gasteiger partial charge in [-0.2, -0.15) is 0 Å². The molecule has 36 valence electrons. The van der Waals surface area contributed by atoms with E-state index >= 15 is 0 Å². The molecule has 0 aromatic heterocycles. The number of hydrogen-bond acceptors (Lipinski definition) is 1. The third-order valence-electron chi connectivity index (χ3n) is 0.381. The molecule has 0 amide bonds. The van der Waals surface area contributed by atoms with E-state index in [2.05, 4.69) is 11.4 Å². The third-order valence-corrected chi connectivity index (χ3v) is 0.381. The number of hydrogen-bond donors (Lipinski definition) is 0. The number of nitrogens with zero attached hydrogens (tertiary/aromatic N) is 1. The Morgan fingerprint density at radius 1 is 1.43 bits per heavy atom. The Hall–Kier alpha value is -1.14. The van der Waals surface area contributed by atoms with E-state index in [1.165, 1.54) is 18.4 Å². The summed E-state index contributed by atoms with van der Waals surface area (Å²) in [5.41, 5.74) is 0. The molecule has 7 heavy (non-hydrogen) atoms. The highest BCUT2D eigenvalue weighted by Gasteiger charge is 1.64. The number of carbonyl (C=O) groups excluding carboxylic acids is 1. The van der Waals surface area contributed by atoms with Gasteiger partial charge in [-0.1, -0.05) is 0 Å². The molecular weight excluding hydrogens is 90.1 g/mol. The van der Waals surface area contributed by atoms with Crippen LogP contribution in [-0.4, -0.2) is 19.2 Å². The summed E-state index contributed by atoms with van der Waals surface area (Å²) >= 11 is 0. The molecule has 0 aromatic carbocycles. The smallest absolute Gasteiger partial charge is 0.291 e. The van der Waals surface area contributed by atoms with Gasteiger partial charge >= 0.3 is 0 Å². The minimum absolute atomic E-state index is 0.682. The van der Waals surface area contributed by atoms with Gasteiger partial charge in [-0.05, 0) is 6.08 Å². The van der Waals surface area contributed by atoms with Gasteiger partial charge in [0.1, 0.15) is 6.29 Å². The lowest BCUT2D eigenvalue weighted by atomic mass is 10.6. The van der Waals surface area contributed by atoms with Gasteiger partial charge in [0, 0.05) is 6.08 Å². The average Bonchev–Trinajstić information content (AvgIpc) is 1.69. The van der Waals surface area contributed by atoms with E-state index in [0.29, 0.717) is 6.29 Å². The van der Waals surface area contributed by atoms with Crippen molar-refractivity contribution in [1.29, 1.82) is 0 Å². The Balaban J connectivity index is 3.47. The Morgan fingerprint density at radius 2 is 2.14 bits per heavy atom. The highest BCUT2D eigenvalue weighted by atomic mass is 16.1. The lowest BCUT2D eigenvalue weighted by molar-refractivity contribution is -0.104. The number of allylic oxidation sites excluding steroid dienone is 2. The minimum atomic E-state index is 0.682. The molecule has 0 atom stereocenters. The van der Waals surface area contributed by atoms with Crippen molar-refractivity contribution in [3.05, 3.63) is 12.2 Å². The van der Waals surface area contributed by atoms with Crippen LogP contribution in [0.2, 0.25) is 0 Å². The van der Waals surface area contributed by atoms with Crippen LogP contribution in [0.3, 0.4) is 0 Å². The van der Waals surface area contributed by atoms with E-state index in [1.54, 1.807) is 0 Å². The van der Waals surface area contributed by atoms with Crippen LogP contribution in [0, 0.1) is 0 Å². The van der Waals surface area contributed by atoms with E-state index < -0.39 is 0 Å². The summed E-state index contributed by atoms with van der Waals surface area (Å²) in [7, 11) is 0. The Labute approximate surface area is 41.9 Å². The quantitative estimate of drug-likeness (QED) is 0.199. The Kier molecular flexibility index (Phi) is 4.07. The van der Waals surface area contributed by atoms with Crippen LogP contribution in [0.5, 0.6) is 0 Å². The molecule has 0 heterocycles. The summed E-state index contributed by atoms with van der Waals surface area (Å²) in [6, 6.07) is 0. The molecule has 0 bridgehead atoms. The fourth-order valence-electron chi connectivity index (χ4n) is 0.156.